The van der Waals surface area contributed by atoms with Crippen LogP contribution < -0.4 is 16.4 Å². The summed E-state index contributed by atoms with van der Waals surface area (Å²) in [7, 11) is 0. The third kappa shape index (κ3) is 3.45. The first-order chi connectivity index (χ1) is 8.98. The molecule has 0 bridgehead atoms. The van der Waals surface area contributed by atoms with Crippen LogP contribution in [0.15, 0.2) is 24.3 Å². The van der Waals surface area contributed by atoms with Crippen LogP contribution in [-0.2, 0) is 4.74 Å². The van der Waals surface area contributed by atoms with E-state index >= 15 is 0 Å². The Bertz CT molecular complexity index is 480. The molecule has 4 N–H and O–H groups in total. The molecule has 19 heavy (non-hydrogen) atoms. The number of urea groups is 1. The summed E-state index contributed by atoms with van der Waals surface area (Å²) in [6.45, 7) is 4.01. The summed E-state index contributed by atoms with van der Waals surface area (Å²) >= 11 is 0. The summed E-state index contributed by atoms with van der Waals surface area (Å²) in [4.78, 5) is 22.6. The molecule has 2 rings (SSSR count). The quantitative estimate of drug-likeness (QED) is 0.754. The van der Waals surface area contributed by atoms with Gasteiger partial charge in [-0.15, -0.1) is 0 Å². The smallest absolute Gasteiger partial charge is 0.316 e. The molecule has 0 radical (unpaired) electrons. The zero-order chi connectivity index (χ0) is 13.9. The van der Waals surface area contributed by atoms with Crippen LogP contribution in [0.1, 0.15) is 17.3 Å². The summed E-state index contributed by atoms with van der Waals surface area (Å²) in [5.74, 6) is -0.140. The molecule has 6 heteroatoms. The van der Waals surface area contributed by atoms with Crippen molar-refractivity contribution in [3.8, 4) is 0 Å². The van der Waals surface area contributed by atoms with E-state index < -0.39 is 6.03 Å². The minimum atomic E-state index is -0.630. The highest BCUT2D eigenvalue weighted by Crippen LogP contribution is 2.25. The maximum absolute atomic E-state index is 11.9. The van der Waals surface area contributed by atoms with Crippen LogP contribution in [0, 0.1) is 5.41 Å². The number of anilines is 1. The lowest BCUT2D eigenvalue weighted by molar-refractivity contribution is -0.0978. The van der Waals surface area contributed by atoms with Gasteiger partial charge in [0.15, 0.2) is 0 Å². The van der Waals surface area contributed by atoms with Crippen molar-refractivity contribution in [2.75, 3.05) is 25.1 Å². The Labute approximate surface area is 111 Å². The van der Waals surface area contributed by atoms with Crippen LogP contribution in [-0.4, -0.2) is 31.7 Å². The van der Waals surface area contributed by atoms with Gasteiger partial charge in [0.1, 0.15) is 0 Å². The number of benzene rings is 1. The van der Waals surface area contributed by atoms with Gasteiger partial charge in [-0.2, -0.15) is 0 Å². The van der Waals surface area contributed by atoms with E-state index in [2.05, 4.69) is 17.6 Å². The maximum Gasteiger partial charge on any atom is 0.316 e. The second kappa shape index (κ2) is 5.27. The summed E-state index contributed by atoms with van der Waals surface area (Å²) in [6, 6.07) is 5.91. The molecule has 0 aliphatic carbocycles. The molecule has 0 aromatic heterocycles. The summed E-state index contributed by atoms with van der Waals surface area (Å²) in [5, 5.41) is 5.31. The van der Waals surface area contributed by atoms with Gasteiger partial charge in [-0.25, -0.2) is 4.79 Å². The molecule has 1 saturated heterocycles. The standard InChI is InChI=1S/C13H17N3O3/c1-13(7-19-8-13)6-15-11(17)9-2-4-10(5-3-9)16-12(14)18/h2-5H,6-8H2,1H3,(H,15,17)(H3,14,16,18). The van der Waals surface area contributed by atoms with Crippen LogP contribution in [0.4, 0.5) is 10.5 Å². The van der Waals surface area contributed by atoms with Crippen LogP contribution in [0.25, 0.3) is 0 Å². The molecular formula is C13H17N3O3. The van der Waals surface area contributed by atoms with Crippen LogP contribution in [0.5, 0.6) is 0 Å². The largest absolute Gasteiger partial charge is 0.380 e. The third-order valence-electron chi connectivity index (χ3n) is 2.99. The Hall–Kier alpha value is -2.08. The fourth-order valence-electron chi connectivity index (χ4n) is 1.80. The normalized spacial score (nSPS) is 16.3. The predicted octanol–water partition coefficient (Wildman–Crippen LogP) is 0.944. The Morgan fingerprint density at radius 3 is 2.42 bits per heavy atom. The van der Waals surface area contributed by atoms with Crippen molar-refractivity contribution >= 4 is 17.6 Å². The predicted molar refractivity (Wildman–Crippen MR) is 70.9 cm³/mol. The SMILES string of the molecule is CC1(CNC(=O)c2ccc(NC(N)=O)cc2)COC1. The molecule has 1 aliphatic heterocycles. The second-order valence-electron chi connectivity index (χ2n) is 5.05. The maximum atomic E-state index is 11.9. The molecule has 1 fully saturated rings. The molecule has 0 unspecified atom stereocenters. The lowest BCUT2D eigenvalue weighted by atomic mass is 9.88. The van der Waals surface area contributed by atoms with Crippen molar-refractivity contribution in [1.82, 2.24) is 5.32 Å². The lowest BCUT2D eigenvalue weighted by Gasteiger charge is -2.38. The molecule has 102 valence electrons. The van der Waals surface area contributed by atoms with Gasteiger partial charge in [-0.3, -0.25) is 4.79 Å². The minimum Gasteiger partial charge on any atom is -0.380 e. The van der Waals surface area contributed by atoms with Gasteiger partial charge in [0.25, 0.3) is 5.91 Å². The van der Waals surface area contributed by atoms with Crippen molar-refractivity contribution in [1.29, 1.82) is 0 Å². The number of amides is 3. The van der Waals surface area contributed by atoms with E-state index in [4.69, 9.17) is 10.5 Å². The van der Waals surface area contributed by atoms with Gasteiger partial charge >= 0.3 is 6.03 Å². The number of ether oxygens (including phenoxy) is 1. The highest BCUT2D eigenvalue weighted by Gasteiger charge is 2.33. The zero-order valence-electron chi connectivity index (χ0n) is 10.7. The first-order valence-electron chi connectivity index (χ1n) is 6.01. The van der Waals surface area contributed by atoms with Gasteiger partial charge in [0.05, 0.1) is 13.2 Å². The number of carbonyl (C=O) groups excluding carboxylic acids is 2. The number of rotatable bonds is 4. The summed E-state index contributed by atoms with van der Waals surface area (Å²) in [5.41, 5.74) is 6.14. The van der Waals surface area contributed by atoms with Gasteiger partial charge in [-0.1, -0.05) is 6.92 Å². The van der Waals surface area contributed by atoms with Crippen molar-refractivity contribution in [2.45, 2.75) is 6.92 Å². The van der Waals surface area contributed by atoms with E-state index in [-0.39, 0.29) is 11.3 Å². The molecule has 1 aliphatic rings. The third-order valence-corrected chi connectivity index (χ3v) is 2.99. The van der Waals surface area contributed by atoms with E-state index in [1.807, 2.05) is 0 Å². The molecule has 1 aromatic carbocycles. The number of nitrogens with two attached hydrogens (primary N) is 1. The highest BCUT2D eigenvalue weighted by atomic mass is 16.5. The molecule has 3 amide bonds. The van der Waals surface area contributed by atoms with Gasteiger partial charge in [0.2, 0.25) is 0 Å². The molecular weight excluding hydrogens is 246 g/mol. The Kier molecular flexibility index (Phi) is 3.71. The van der Waals surface area contributed by atoms with Crippen molar-refractivity contribution < 1.29 is 14.3 Å². The minimum absolute atomic E-state index is 0.0448. The van der Waals surface area contributed by atoms with Crippen LogP contribution in [0.2, 0.25) is 0 Å². The van der Waals surface area contributed by atoms with Crippen LogP contribution in [0.3, 0.4) is 0 Å². The topological polar surface area (TPSA) is 93.5 Å². The number of nitrogens with one attached hydrogen (secondary N) is 2. The first-order valence-corrected chi connectivity index (χ1v) is 6.01. The monoisotopic (exact) mass is 263 g/mol. The summed E-state index contributed by atoms with van der Waals surface area (Å²) in [6.07, 6.45) is 0. The van der Waals surface area contributed by atoms with Gasteiger partial charge < -0.3 is 21.1 Å². The second-order valence-corrected chi connectivity index (χ2v) is 5.05. The van der Waals surface area contributed by atoms with Crippen molar-refractivity contribution in [2.24, 2.45) is 11.1 Å². The number of carbonyl (C=O) groups is 2. The van der Waals surface area contributed by atoms with Crippen LogP contribution >= 0.6 is 0 Å². The first kappa shape index (κ1) is 13.4. The lowest BCUT2D eigenvalue weighted by Crippen LogP contribution is -2.48. The fraction of sp³-hybridized carbons (Fsp3) is 0.385. The molecule has 0 saturated carbocycles. The molecule has 6 nitrogen and oxygen atoms in total. The zero-order valence-corrected chi connectivity index (χ0v) is 10.7. The van der Waals surface area contributed by atoms with Gasteiger partial charge in [-0.05, 0) is 24.3 Å². The fourth-order valence-corrected chi connectivity index (χ4v) is 1.80. The van der Waals surface area contributed by atoms with Crippen molar-refractivity contribution in [3.63, 3.8) is 0 Å². The molecule has 0 spiro atoms. The molecule has 1 heterocycles. The number of hydrogen-bond donors (Lipinski definition) is 3. The Morgan fingerprint density at radius 2 is 1.95 bits per heavy atom. The van der Waals surface area contributed by atoms with E-state index in [0.717, 1.165) is 0 Å². The molecule has 0 atom stereocenters. The number of primary amides is 1. The Balaban J connectivity index is 1.90. The van der Waals surface area contributed by atoms with E-state index in [0.29, 0.717) is 31.0 Å². The van der Waals surface area contributed by atoms with E-state index in [1.165, 1.54) is 0 Å². The summed E-state index contributed by atoms with van der Waals surface area (Å²) < 4.78 is 5.13. The molecule has 1 aromatic rings. The van der Waals surface area contributed by atoms with Crippen molar-refractivity contribution in [3.05, 3.63) is 29.8 Å². The average molecular weight is 263 g/mol. The Morgan fingerprint density at radius 1 is 1.32 bits per heavy atom. The average Bonchev–Trinajstić information content (AvgIpc) is 2.34. The van der Waals surface area contributed by atoms with E-state index in [9.17, 15) is 9.59 Å². The van der Waals surface area contributed by atoms with E-state index in [1.54, 1.807) is 24.3 Å². The highest BCUT2D eigenvalue weighted by molar-refractivity contribution is 5.95. The number of hydrogen-bond acceptors (Lipinski definition) is 3. The van der Waals surface area contributed by atoms with Gasteiger partial charge in [0, 0.05) is 23.2 Å².